The highest BCUT2D eigenvalue weighted by Gasteiger charge is 2.70. The van der Waals surface area contributed by atoms with Crippen molar-refractivity contribution in [3.63, 3.8) is 0 Å². The summed E-state index contributed by atoms with van der Waals surface area (Å²) >= 11 is 0. The fourth-order valence-corrected chi connectivity index (χ4v) is 5.45. The van der Waals surface area contributed by atoms with Crippen LogP contribution in [0.2, 0.25) is 0 Å². The van der Waals surface area contributed by atoms with E-state index in [4.69, 9.17) is 0 Å². The van der Waals surface area contributed by atoms with Crippen LogP contribution in [-0.4, -0.2) is 30.2 Å². The smallest absolute Gasteiger partial charge is 0.250 e. The Bertz CT molecular complexity index is 972. The van der Waals surface area contributed by atoms with Crippen LogP contribution in [0.1, 0.15) is 34.3 Å². The SMILES string of the molecule is CN1CCC2(CCc3ccccc3C2=O)C12C(=O)Nc1ccc(F)cc12. The molecule has 2 aromatic carbocycles. The largest absolute Gasteiger partial charge is 0.324 e. The first-order valence-corrected chi connectivity index (χ1v) is 8.96. The number of halogens is 1. The second-order valence-corrected chi connectivity index (χ2v) is 7.59. The number of likely N-dealkylation sites (N-methyl/N-ethyl adjacent to an activating group) is 1. The molecule has 1 N–H and O–H groups in total. The van der Waals surface area contributed by atoms with Crippen molar-refractivity contribution in [2.24, 2.45) is 5.41 Å². The molecule has 2 atom stereocenters. The number of carbonyl (C=O) groups excluding carboxylic acids is 2. The monoisotopic (exact) mass is 350 g/mol. The summed E-state index contributed by atoms with van der Waals surface area (Å²) in [6.45, 7) is 0.622. The van der Waals surface area contributed by atoms with Gasteiger partial charge in [-0.2, -0.15) is 0 Å². The van der Waals surface area contributed by atoms with E-state index in [-0.39, 0.29) is 11.7 Å². The second kappa shape index (κ2) is 5.01. The predicted octanol–water partition coefficient (Wildman–Crippen LogP) is 3.12. The highest BCUT2D eigenvalue weighted by atomic mass is 19.1. The van der Waals surface area contributed by atoms with Crippen molar-refractivity contribution in [3.8, 4) is 0 Å². The Balaban J connectivity index is 1.79. The first-order valence-electron chi connectivity index (χ1n) is 8.96. The minimum atomic E-state index is -1.14. The minimum Gasteiger partial charge on any atom is -0.324 e. The number of ketones is 1. The molecule has 1 saturated heterocycles. The molecule has 132 valence electrons. The van der Waals surface area contributed by atoms with E-state index in [9.17, 15) is 14.0 Å². The van der Waals surface area contributed by atoms with Crippen LogP contribution in [0.25, 0.3) is 0 Å². The van der Waals surface area contributed by atoms with Crippen LogP contribution in [0.15, 0.2) is 42.5 Å². The molecule has 2 spiro atoms. The maximum atomic E-state index is 14.1. The zero-order valence-electron chi connectivity index (χ0n) is 14.5. The molecule has 1 amide bonds. The number of nitrogens with zero attached hydrogens (tertiary/aromatic N) is 1. The zero-order chi connectivity index (χ0) is 18.1. The zero-order valence-corrected chi connectivity index (χ0v) is 14.5. The van der Waals surface area contributed by atoms with Crippen LogP contribution < -0.4 is 5.32 Å². The van der Waals surface area contributed by atoms with Gasteiger partial charge in [0.25, 0.3) is 5.91 Å². The summed E-state index contributed by atoms with van der Waals surface area (Å²) in [4.78, 5) is 28.9. The van der Waals surface area contributed by atoms with Gasteiger partial charge in [-0.1, -0.05) is 24.3 Å². The molecule has 0 aromatic heterocycles. The highest BCUT2D eigenvalue weighted by Crippen LogP contribution is 2.61. The van der Waals surface area contributed by atoms with Crippen molar-refractivity contribution < 1.29 is 14.0 Å². The molecule has 1 fully saturated rings. The number of amides is 1. The van der Waals surface area contributed by atoms with Crippen molar-refractivity contribution in [2.45, 2.75) is 24.8 Å². The maximum Gasteiger partial charge on any atom is 0.250 e. The van der Waals surface area contributed by atoms with Crippen molar-refractivity contribution >= 4 is 17.4 Å². The number of fused-ring (bicyclic) bond motifs is 4. The molecule has 0 bridgehead atoms. The Labute approximate surface area is 151 Å². The van der Waals surface area contributed by atoms with Gasteiger partial charge in [0.05, 0.1) is 5.41 Å². The number of nitrogens with one attached hydrogen (secondary N) is 1. The first-order chi connectivity index (χ1) is 12.5. The third-order valence-corrected chi connectivity index (χ3v) is 6.61. The van der Waals surface area contributed by atoms with Gasteiger partial charge in [0.15, 0.2) is 5.78 Å². The van der Waals surface area contributed by atoms with E-state index in [1.807, 2.05) is 36.2 Å². The van der Waals surface area contributed by atoms with Crippen LogP contribution in [0.5, 0.6) is 0 Å². The van der Waals surface area contributed by atoms with Crippen molar-refractivity contribution in [2.75, 3.05) is 18.9 Å². The van der Waals surface area contributed by atoms with Crippen molar-refractivity contribution in [1.82, 2.24) is 4.90 Å². The lowest BCUT2D eigenvalue weighted by Gasteiger charge is -2.46. The number of aryl methyl sites for hydroxylation is 1. The summed E-state index contributed by atoms with van der Waals surface area (Å²) < 4.78 is 14.1. The van der Waals surface area contributed by atoms with E-state index in [1.54, 1.807) is 6.07 Å². The number of likely N-dealkylation sites (tertiary alicyclic amines) is 1. The number of hydrogen-bond acceptors (Lipinski definition) is 3. The Morgan fingerprint density at radius 2 is 1.92 bits per heavy atom. The Morgan fingerprint density at radius 1 is 1.12 bits per heavy atom. The highest BCUT2D eigenvalue weighted by molar-refractivity contribution is 6.14. The minimum absolute atomic E-state index is 0.0101. The van der Waals surface area contributed by atoms with Gasteiger partial charge >= 0.3 is 0 Å². The van der Waals surface area contributed by atoms with Gasteiger partial charge in [0, 0.05) is 23.4 Å². The lowest BCUT2D eigenvalue weighted by Crippen LogP contribution is -2.58. The molecule has 3 aliphatic rings. The summed E-state index contributed by atoms with van der Waals surface area (Å²) in [5.74, 6) is -0.597. The van der Waals surface area contributed by atoms with E-state index < -0.39 is 16.8 Å². The van der Waals surface area contributed by atoms with Crippen LogP contribution in [0.3, 0.4) is 0 Å². The molecule has 0 saturated carbocycles. The van der Waals surface area contributed by atoms with Gasteiger partial charge < -0.3 is 5.32 Å². The number of rotatable bonds is 0. The molecule has 5 rings (SSSR count). The molecule has 2 aromatic rings. The molecule has 26 heavy (non-hydrogen) atoms. The quantitative estimate of drug-likeness (QED) is 0.794. The molecule has 0 radical (unpaired) electrons. The summed E-state index contributed by atoms with van der Waals surface area (Å²) in [5.41, 5.74) is 0.928. The number of Topliss-reactive ketones (excluding diaryl/α,β-unsaturated/α-hetero) is 1. The van der Waals surface area contributed by atoms with E-state index in [0.717, 1.165) is 12.0 Å². The normalized spacial score (nSPS) is 29.9. The van der Waals surface area contributed by atoms with Gasteiger partial charge in [0.2, 0.25) is 0 Å². The van der Waals surface area contributed by atoms with E-state index in [2.05, 4.69) is 5.32 Å². The van der Waals surface area contributed by atoms with Crippen LogP contribution in [0.4, 0.5) is 10.1 Å². The number of carbonyl (C=O) groups is 2. The van der Waals surface area contributed by atoms with Gasteiger partial charge in [-0.05, 0) is 50.1 Å². The Hall–Kier alpha value is -2.53. The van der Waals surface area contributed by atoms with Crippen molar-refractivity contribution in [3.05, 3.63) is 65.0 Å². The Morgan fingerprint density at radius 3 is 2.77 bits per heavy atom. The number of benzene rings is 2. The molecule has 2 unspecified atom stereocenters. The summed E-state index contributed by atoms with van der Waals surface area (Å²) in [6, 6.07) is 12.0. The van der Waals surface area contributed by atoms with Gasteiger partial charge in [-0.25, -0.2) is 4.39 Å². The molecule has 1 aliphatic carbocycles. The number of hydrogen-bond donors (Lipinski definition) is 1. The van der Waals surface area contributed by atoms with Gasteiger partial charge in [-0.15, -0.1) is 0 Å². The molecular formula is C21H19FN2O2. The van der Waals surface area contributed by atoms with Gasteiger partial charge in [0.1, 0.15) is 11.4 Å². The molecule has 2 heterocycles. The fraction of sp³-hybridized carbons (Fsp3) is 0.333. The second-order valence-electron chi connectivity index (χ2n) is 7.59. The van der Waals surface area contributed by atoms with Crippen LogP contribution >= 0.6 is 0 Å². The summed E-state index contributed by atoms with van der Waals surface area (Å²) in [6.07, 6.45) is 1.94. The summed E-state index contributed by atoms with van der Waals surface area (Å²) in [5, 5.41) is 2.90. The lowest BCUT2D eigenvalue weighted by atomic mass is 9.58. The summed E-state index contributed by atoms with van der Waals surface area (Å²) in [7, 11) is 1.86. The average Bonchev–Trinajstić information content (AvgIpc) is 3.10. The third kappa shape index (κ3) is 1.62. The topological polar surface area (TPSA) is 49.4 Å². The third-order valence-electron chi connectivity index (χ3n) is 6.61. The van der Waals surface area contributed by atoms with Crippen LogP contribution in [-0.2, 0) is 16.8 Å². The van der Waals surface area contributed by atoms with E-state index in [0.29, 0.717) is 36.2 Å². The van der Waals surface area contributed by atoms with E-state index in [1.165, 1.54) is 12.1 Å². The first kappa shape index (κ1) is 15.7. The molecule has 4 nitrogen and oxygen atoms in total. The van der Waals surface area contributed by atoms with E-state index >= 15 is 0 Å². The lowest BCUT2D eigenvalue weighted by molar-refractivity contribution is -0.130. The fourth-order valence-electron chi connectivity index (χ4n) is 5.45. The van der Waals surface area contributed by atoms with Crippen molar-refractivity contribution in [1.29, 1.82) is 0 Å². The standard InChI is InChI=1S/C21H19FN2O2/c1-24-11-10-20(9-8-13-4-2-3-5-15(13)18(20)25)21(24)16-12-14(22)6-7-17(16)23-19(21)26/h2-7,12H,8-11H2,1H3,(H,23,26). The predicted molar refractivity (Wildman–Crippen MR) is 95.5 cm³/mol. The van der Waals surface area contributed by atoms with Gasteiger partial charge in [-0.3, -0.25) is 14.5 Å². The number of anilines is 1. The average molecular weight is 350 g/mol. The molecule has 2 aliphatic heterocycles. The van der Waals surface area contributed by atoms with Crippen LogP contribution in [0, 0.1) is 11.2 Å². The Kier molecular flexibility index (Phi) is 3.03. The molecule has 5 heteroatoms. The molecular weight excluding hydrogens is 331 g/mol. The maximum absolute atomic E-state index is 14.1.